The van der Waals surface area contributed by atoms with Gasteiger partial charge in [0.1, 0.15) is 0 Å². The van der Waals surface area contributed by atoms with E-state index in [1.165, 1.54) is 0 Å². The molecule has 0 aliphatic rings. The van der Waals surface area contributed by atoms with E-state index < -0.39 is 5.97 Å². The van der Waals surface area contributed by atoms with Crippen LogP contribution in [0, 0.1) is 0 Å². The lowest BCUT2D eigenvalue weighted by Gasteiger charge is -1.91. The first-order valence-corrected chi connectivity index (χ1v) is 3.58. The first kappa shape index (κ1) is 8.46. The highest BCUT2D eigenvalue weighted by molar-refractivity contribution is 5.79. The van der Waals surface area contributed by atoms with Gasteiger partial charge in [-0.1, -0.05) is 12.1 Å². The molecule has 1 heterocycles. The number of carbonyl (C=O) groups is 1. The van der Waals surface area contributed by atoms with Gasteiger partial charge in [-0.05, 0) is 12.1 Å². The quantitative estimate of drug-likeness (QED) is 0.682. The minimum atomic E-state index is -0.925. The molecule has 0 aliphatic heterocycles. The molecule has 0 saturated heterocycles. The lowest BCUT2D eigenvalue weighted by molar-refractivity contribution is -0.131. The van der Waals surface area contributed by atoms with Crippen molar-refractivity contribution in [1.29, 1.82) is 0 Å². The Kier molecular flexibility index (Phi) is 3.02. The molecule has 1 aromatic heterocycles. The molecule has 0 spiro atoms. The molecule has 0 aromatic carbocycles. The van der Waals surface area contributed by atoms with E-state index in [1.54, 1.807) is 12.3 Å². The summed E-state index contributed by atoms with van der Waals surface area (Å²) in [4.78, 5) is 14.1. The van der Waals surface area contributed by atoms with Crippen LogP contribution < -0.4 is 0 Å². The molecular formula is C9H9NO2. The van der Waals surface area contributed by atoms with E-state index in [1.807, 2.05) is 18.2 Å². The van der Waals surface area contributed by atoms with Crippen molar-refractivity contribution in [3.05, 3.63) is 42.2 Å². The summed E-state index contributed by atoms with van der Waals surface area (Å²) < 4.78 is 0. The minimum Gasteiger partial charge on any atom is -0.478 e. The van der Waals surface area contributed by atoms with Crippen LogP contribution in [0.4, 0.5) is 0 Å². The standard InChI is InChI=1S/C9H9NO2/c11-9(12)6-3-5-8-4-1-2-7-10-8/h1-4,6-7H,5H2,(H,11,12)/b6-3+. The SMILES string of the molecule is O=C(O)/C=C/Cc1ccccn1. The zero-order valence-corrected chi connectivity index (χ0v) is 6.47. The Labute approximate surface area is 70.4 Å². The Morgan fingerprint density at radius 2 is 2.42 bits per heavy atom. The third kappa shape index (κ3) is 2.96. The van der Waals surface area contributed by atoms with Gasteiger partial charge in [0.05, 0.1) is 0 Å². The van der Waals surface area contributed by atoms with Crippen LogP contribution in [0.2, 0.25) is 0 Å². The zero-order chi connectivity index (χ0) is 8.81. The Morgan fingerprint density at radius 3 is 3.00 bits per heavy atom. The maximum absolute atomic E-state index is 10.1. The minimum absolute atomic E-state index is 0.563. The molecule has 3 nitrogen and oxygen atoms in total. The average molecular weight is 163 g/mol. The molecule has 1 aromatic rings. The number of allylic oxidation sites excluding steroid dienone is 1. The highest BCUT2D eigenvalue weighted by Gasteiger charge is 1.88. The Hall–Kier alpha value is -1.64. The summed E-state index contributed by atoms with van der Waals surface area (Å²) in [5.74, 6) is -0.925. The molecule has 0 radical (unpaired) electrons. The zero-order valence-electron chi connectivity index (χ0n) is 6.47. The van der Waals surface area contributed by atoms with Crippen molar-refractivity contribution in [2.75, 3.05) is 0 Å². The van der Waals surface area contributed by atoms with Crippen molar-refractivity contribution in [3.63, 3.8) is 0 Å². The molecule has 1 N–H and O–H groups in total. The van der Waals surface area contributed by atoms with Gasteiger partial charge in [0.2, 0.25) is 0 Å². The number of rotatable bonds is 3. The monoisotopic (exact) mass is 163 g/mol. The van der Waals surface area contributed by atoms with E-state index in [9.17, 15) is 4.79 Å². The van der Waals surface area contributed by atoms with Crippen molar-refractivity contribution < 1.29 is 9.90 Å². The van der Waals surface area contributed by atoms with Gasteiger partial charge in [0, 0.05) is 24.4 Å². The van der Waals surface area contributed by atoms with E-state index in [0.717, 1.165) is 11.8 Å². The molecule has 0 aliphatic carbocycles. The molecule has 0 unspecified atom stereocenters. The van der Waals surface area contributed by atoms with Gasteiger partial charge < -0.3 is 5.11 Å². The molecule has 0 fully saturated rings. The third-order valence-electron chi connectivity index (χ3n) is 1.31. The smallest absolute Gasteiger partial charge is 0.327 e. The van der Waals surface area contributed by atoms with E-state index in [-0.39, 0.29) is 0 Å². The molecule has 1 rings (SSSR count). The van der Waals surface area contributed by atoms with E-state index >= 15 is 0 Å². The lowest BCUT2D eigenvalue weighted by atomic mass is 10.2. The van der Waals surface area contributed by atoms with Crippen LogP contribution >= 0.6 is 0 Å². The Bertz CT molecular complexity index is 280. The summed E-state index contributed by atoms with van der Waals surface area (Å²) in [6, 6.07) is 5.55. The summed E-state index contributed by atoms with van der Waals surface area (Å²) in [5, 5.41) is 8.28. The van der Waals surface area contributed by atoms with Gasteiger partial charge in [0.15, 0.2) is 0 Å². The first-order valence-electron chi connectivity index (χ1n) is 3.58. The van der Waals surface area contributed by atoms with Crippen molar-refractivity contribution in [2.45, 2.75) is 6.42 Å². The number of hydrogen-bond acceptors (Lipinski definition) is 2. The highest BCUT2D eigenvalue weighted by Crippen LogP contribution is 1.94. The van der Waals surface area contributed by atoms with Crippen LogP contribution in [0.3, 0.4) is 0 Å². The molecule has 0 bridgehead atoms. The van der Waals surface area contributed by atoms with Crippen LogP contribution in [0.1, 0.15) is 5.69 Å². The van der Waals surface area contributed by atoms with Crippen molar-refractivity contribution in [1.82, 2.24) is 4.98 Å². The van der Waals surface area contributed by atoms with Gasteiger partial charge in [-0.25, -0.2) is 4.79 Å². The fourth-order valence-electron chi connectivity index (χ4n) is 0.799. The maximum atomic E-state index is 10.1. The molecule has 0 amide bonds. The van der Waals surface area contributed by atoms with Crippen LogP contribution in [0.5, 0.6) is 0 Å². The summed E-state index contributed by atoms with van der Waals surface area (Å²) in [5.41, 5.74) is 0.870. The van der Waals surface area contributed by atoms with Crippen molar-refractivity contribution in [2.24, 2.45) is 0 Å². The van der Waals surface area contributed by atoms with Gasteiger partial charge >= 0.3 is 5.97 Å². The van der Waals surface area contributed by atoms with Crippen molar-refractivity contribution in [3.8, 4) is 0 Å². The second kappa shape index (κ2) is 4.28. The fraction of sp³-hybridized carbons (Fsp3) is 0.111. The topological polar surface area (TPSA) is 50.2 Å². The number of pyridine rings is 1. The molecule has 12 heavy (non-hydrogen) atoms. The number of aliphatic carboxylic acids is 1. The van der Waals surface area contributed by atoms with Crippen LogP contribution in [0.25, 0.3) is 0 Å². The van der Waals surface area contributed by atoms with Gasteiger partial charge in [-0.2, -0.15) is 0 Å². The molecular weight excluding hydrogens is 154 g/mol. The normalized spacial score (nSPS) is 10.3. The second-order valence-electron chi connectivity index (χ2n) is 2.27. The summed E-state index contributed by atoms with van der Waals surface area (Å²) in [7, 11) is 0. The number of nitrogens with zero attached hydrogens (tertiary/aromatic N) is 1. The van der Waals surface area contributed by atoms with E-state index in [4.69, 9.17) is 5.11 Å². The molecule has 3 heteroatoms. The fourth-order valence-corrected chi connectivity index (χ4v) is 0.799. The largest absolute Gasteiger partial charge is 0.478 e. The summed E-state index contributed by atoms with van der Waals surface area (Å²) in [6.07, 6.45) is 4.94. The third-order valence-corrected chi connectivity index (χ3v) is 1.31. The molecule has 62 valence electrons. The summed E-state index contributed by atoms with van der Waals surface area (Å²) >= 11 is 0. The van der Waals surface area contributed by atoms with Crippen LogP contribution in [0.15, 0.2) is 36.5 Å². The van der Waals surface area contributed by atoms with Gasteiger partial charge in [-0.3, -0.25) is 4.98 Å². The first-order chi connectivity index (χ1) is 5.79. The molecule has 0 atom stereocenters. The number of hydrogen-bond donors (Lipinski definition) is 1. The Balaban J connectivity index is 2.49. The number of carboxylic acids is 1. The second-order valence-corrected chi connectivity index (χ2v) is 2.27. The Morgan fingerprint density at radius 1 is 1.58 bits per heavy atom. The number of aromatic nitrogens is 1. The predicted octanol–water partition coefficient (Wildman–Crippen LogP) is 1.26. The van der Waals surface area contributed by atoms with Crippen molar-refractivity contribution >= 4 is 5.97 Å². The van der Waals surface area contributed by atoms with Gasteiger partial charge in [0.25, 0.3) is 0 Å². The summed E-state index contributed by atoms with van der Waals surface area (Å²) in [6.45, 7) is 0. The van der Waals surface area contributed by atoms with Crippen LogP contribution in [-0.4, -0.2) is 16.1 Å². The highest BCUT2D eigenvalue weighted by atomic mass is 16.4. The predicted molar refractivity (Wildman–Crippen MR) is 44.7 cm³/mol. The maximum Gasteiger partial charge on any atom is 0.327 e. The van der Waals surface area contributed by atoms with Gasteiger partial charge in [-0.15, -0.1) is 0 Å². The lowest BCUT2D eigenvalue weighted by Crippen LogP contribution is -1.89. The van der Waals surface area contributed by atoms with E-state index in [0.29, 0.717) is 6.42 Å². The molecule has 0 saturated carbocycles. The average Bonchev–Trinajstić information content (AvgIpc) is 2.05. The number of carboxylic acid groups (broad SMARTS) is 1. The van der Waals surface area contributed by atoms with Crippen LogP contribution in [-0.2, 0) is 11.2 Å². The van der Waals surface area contributed by atoms with E-state index in [2.05, 4.69) is 4.98 Å².